The number of nitrogens with zero attached hydrogens (tertiary/aromatic N) is 1. The van der Waals surface area contributed by atoms with E-state index in [0.717, 1.165) is 5.82 Å². The standard InChI is InChI=1S/C17H26N2/c1-12-8-6-7-9-13(12)14-11-19-16(18-5)10-15(14)17(2,3)4/h6-15,18H,1-5H3. The van der Waals surface area contributed by atoms with Gasteiger partial charge in [0.05, 0.1) is 0 Å². The Labute approximate surface area is 117 Å². The molecule has 4 unspecified atom stereocenters. The summed E-state index contributed by atoms with van der Waals surface area (Å²) in [5.41, 5.74) is 0.244. The average molecular weight is 258 g/mol. The fraction of sp³-hybridized carbons (Fsp3) is 0.588. The molecule has 1 heterocycles. The van der Waals surface area contributed by atoms with Crippen LogP contribution in [0.5, 0.6) is 0 Å². The first-order valence-electron chi connectivity index (χ1n) is 7.22. The van der Waals surface area contributed by atoms with Crippen molar-refractivity contribution in [2.75, 3.05) is 7.05 Å². The second kappa shape index (κ2) is 5.36. The van der Waals surface area contributed by atoms with E-state index in [4.69, 9.17) is 0 Å². The molecule has 19 heavy (non-hydrogen) atoms. The number of hydrogen-bond donors (Lipinski definition) is 1. The van der Waals surface area contributed by atoms with Crippen molar-refractivity contribution in [3.8, 4) is 0 Å². The van der Waals surface area contributed by atoms with Crippen LogP contribution in [0.2, 0.25) is 0 Å². The number of hydrogen-bond acceptors (Lipinski definition) is 2. The molecule has 0 fully saturated rings. The van der Waals surface area contributed by atoms with E-state index in [1.165, 1.54) is 0 Å². The third-order valence-corrected chi connectivity index (χ3v) is 4.30. The van der Waals surface area contributed by atoms with Crippen LogP contribution >= 0.6 is 0 Å². The number of rotatable bonds is 2. The molecule has 0 aromatic heterocycles. The summed E-state index contributed by atoms with van der Waals surface area (Å²) in [6.45, 7) is 9.26. The minimum Gasteiger partial charge on any atom is -0.373 e. The molecule has 0 bridgehead atoms. The van der Waals surface area contributed by atoms with Crippen molar-refractivity contribution in [3.63, 3.8) is 0 Å². The van der Waals surface area contributed by atoms with Gasteiger partial charge in [0.15, 0.2) is 0 Å². The fourth-order valence-corrected chi connectivity index (χ4v) is 3.11. The molecule has 0 spiro atoms. The molecule has 1 aliphatic heterocycles. The van der Waals surface area contributed by atoms with Crippen molar-refractivity contribution in [1.29, 1.82) is 0 Å². The van der Waals surface area contributed by atoms with Gasteiger partial charge in [0.25, 0.3) is 0 Å². The van der Waals surface area contributed by atoms with Crippen LogP contribution in [-0.4, -0.2) is 13.3 Å². The largest absolute Gasteiger partial charge is 0.373 e. The van der Waals surface area contributed by atoms with E-state index in [1.807, 2.05) is 7.05 Å². The summed E-state index contributed by atoms with van der Waals surface area (Å²) in [6, 6.07) is 0. The summed E-state index contributed by atoms with van der Waals surface area (Å²) in [5, 5.41) is 3.17. The van der Waals surface area contributed by atoms with Gasteiger partial charge in [-0.3, -0.25) is 0 Å². The highest BCUT2D eigenvalue weighted by atomic mass is 15.0. The van der Waals surface area contributed by atoms with Crippen LogP contribution in [0.25, 0.3) is 0 Å². The lowest BCUT2D eigenvalue weighted by Crippen LogP contribution is -2.37. The zero-order chi connectivity index (χ0) is 14.0. The molecule has 1 N–H and O–H groups in total. The summed E-state index contributed by atoms with van der Waals surface area (Å²) in [6.07, 6.45) is 13.4. The fourth-order valence-electron chi connectivity index (χ4n) is 3.11. The van der Waals surface area contributed by atoms with Gasteiger partial charge in [-0.15, -0.1) is 0 Å². The van der Waals surface area contributed by atoms with E-state index in [0.29, 0.717) is 23.7 Å². The third kappa shape index (κ3) is 2.99. The molecule has 0 aromatic carbocycles. The van der Waals surface area contributed by atoms with Gasteiger partial charge in [0, 0.05) is 19.2 Å². The third-order valence-electron chi connectivity index (χ3n) is 4.30. The highest BCUT2D eigenvalue weighted by Gasteiger charge is 2.37. The van der Waals surface area contributed by atoms with E-state index in [1.54, 1.807) is 0 Å². The van der Waals surface area contributed by atoms with Gasteiger partial charge >= 0.3 is 0 Å². The van der Waals surface area contributed by atoms with Crippen molar-refractivity contribution in [1.82, 2.24) is 5.32 Å². The molecule has 0 aromatic rings. The molecule has 2 nitrogen and oxygen atoms in total. The Morgan fingerprint density at radius 1 is 1.11 bits per heavy atom. The number of aliphatic imine (C=N–C) groups is 1. The van der Waals surface area contributed by atoms with Crippen molar-refractivity contribution < 1.29 is 0 Å². The number of nitrogens with one attached hydrogen (secondary N) is 1. The van der Waals surface area contributed by atoms with Crippen molar-refractivity contribution >= 4 is 6.21 Å². The summed E-state index contributed by atoms with van der Waals surface area (Å²) in [7, 11) is 1.94. The van der Waals surface area contributed by atoms with Crippen LogP contribution in [0.3, 0.4) is 0 Å². The lowest BCUT2D eigenvalue weighted by molar-refractivity contribution is 0.199. The van der Waals surface area contributed by atoms with Gasteiger partial charge in [0.2, 0.25) is 0 Å². The zero-order valence-electron chi connectivity index (χ0n) is 12.7. The Hall–Kier alpha value is -1.31. The molecule has 0 amide bonds. The molecule has 2 rings (SSSR count). The number of allylic oxidation sites excluding steroid dienone is 5. The molecular weight excluding hydrogens is 232 g/mol. The minimum atomic E-state index is 0.244. The van der Waals surface area contributed by atoms with E-state index in [2.05, 4.69) is 74.6 Å². The van der Waals surface area contributed by atoms with Crippen molar-refractivity contribution in [3.05, 3.63) is 36.2 Å². The SMILES string of the molecule is CNC1=CC(C(C)(C)C)C(C2C=CC=CC2C)C=N1. The summed E-state index contributed by atoms with van der Waals surface area (Å²) in [4.78, 5) is 4.57. The second-order valence-electron chi connectivity index (χ2n) is 6.76. The minimum absolute atomic E-state index is 0.244. The van der Waals surface area contributed by atoms with Crippen molar-refractivity contribution in [2.45, 2.75) is 27.7 Å². The highest BCUT2D eigenvalue weighted by Crippen LogP contribution is 2.42. The molecule has 104 valence electrons. The first kappa shape index (κ1) is 14.1. The maximum atomic E-state index is 4.57. The van der Waals surface area contributed by atoms with Gasteiger partial charge in [-0.25, -0.2) is 4.99 Å². The molecule has 0 saturated heterocycles. The van der Waals surface area contributed by atoms with E-state index in [-0.39, 0.29) is 5.41 Å². The average Bonchev–Trinajstić information content (AvgIpc) is 2.38. The summed E-state index contributed by atoms with van der Waals surface area (Å²) < 4.78 is 0. The zero-order valence-corrected chi connectivity index (χ0v) is 12.7. The van der Waals surface area contributed by atoms with Crippen LogP contribution in [0, 0.1) is 29.1 Å². The molecule has 0 saturated carbocycles. The Morgan fingerprint density at radius 2 is 1.79 bits per heavy atom. The van der Waals surface area contributed by atoms with E-state index >= 15 is 0 Å². The monoisotopic (exact) mass is 258 g/mol. The molecule has 2 aliphatic rings. The molecule has 0 radical (unpaired) electrons. The quantitative estimate of drug-likeness (QED) is 0.800. The molecule has 4 atom stereocenters. The van der Waals surface area contributed by atoms with Crippen LogP contribution in [-0.2, 0) is 0 Å². The van der Waals surface area contributed by atoms with Crippen LogP contribution in [0.1, 0.15) is 27.7 Å². The lowest BCUT2D eigenvalue weighted by atomic mass is 9.65. The normalized spacial score (nSPS) is 34.3. The highest BCUT2D eigenvalue weighted by molar-refractivity contribution is 5.66. The van der Waals surface area contributed by atoms with Crippen LogP contribution in [0.15, 0.2) is 41.2 Å². The van der Waals surface area contributed by atoms with E-state index < -0.39 is 0 Å². The predicted octanol–water partition coefficient (Wildman–Crippen LogP) is 3.79. The van der Waals surface area contributed by atoms with Gasteiger partial charge in [-0.05, 0) is 29.2 Å². The first-order valence-corrected chi connectivity index (χ1v) is 7.22. The lowest BCUT2D eigenvalue weighted by Gasteiger charge is -2.40. The maximum absolute atomic E-state index is 4.57. The predicted molar refractivity (Wildman–Crippen MR) is 83.0 cm³/mol. The Kier molecular flexibility index (Phi) is 3.98. The van der Waals surface area contributed by atoms with Crippen molar-refractivity contribution in [2.24, 2.45) is 34.1 Å². The summed E-state index contributed by atoms with van der Waals surface area (Å²) >= 11 is 0. The van der Waals surface area contributed by atoms with Gasteiger partial charge in [0.1, 0.15) is 5.82 Å². The maximum Gasteiger partial charge on any atom is 0.121 e. The van der Waals surface area contributed by atoms with Crippen LogP contribution in [0.4, 0.5) is 0 Å². The summed E-state index contributed by atoms with van der Waals surface area (Å²) in [5.74, 6) is 3.12. The molecule has 2 heteroatoms. The first-order chi connectivity index (χ1) is 8.93. The Bertz CT molecular complexity index is 435. The Morgan fingerprint density at radius 3 is 2.37 bits per heavy atom. The van der Waals surface area contributed by atoms with E-state index in [9.17, 15) is 0 Å². The van der Waals surface area contributed by atoms with Gasteiger partial charge in [-0.2, -0.15) is 0 Å². The van der Waals surface area contributed by atoms with Crippen LogP contribution < -0.4 is 5.32 Å². The topological polar surface area (TPSA) is 24.4 Å². The Balaban J connectivity index is 2.29. The molecule has 1 aliphatic carbocycles. The molecular formula is C17H26N2. The second-order valence-corrected chi connectivity index (χ2v) is 6.76. The van der Waals surface area contributed by atoms with Gasteiger partial charge < -0.3 is 5.32 Å². The van der Waals surface area contributed by atoms with Gasteiger partial charge in [-0.1, -0.05) is 52.0 Å². The smallest absolute Gasteiger partial charge is 0.121 e.